The molecule has 2 N–H and O–H groups in total. The first-order chi connectivity index (χ1) is 16.3. The summed E-state index contributed by atoms with van der Waals surface area (Å²) in [6.45, 7) is 3.99. The van der Waals surface area contributed by atoms with Gasteiger partial charge >= 0.3 is 0 Å². The summed E-state index contributed by atoms with van der Waals surface area (Å²) in [7, 11) is 3.90. The van der Waals surface area contributed by atoms with Gasteiger partial charge in [0.15, 0.2) is 0 Å². The Hall–Kier alpha value is -2.32. The second-order valence-corrected chi connectivity index (χ2v) is 10.6. The van der Waals surface area contributed by atoms with Crippen molar-refractivity contribution in [3.63, 3.8) is 0 Å². The molecule has 2 aliphatic heterocycles. The topological polar surface area (TPSA) is 66.6 Å². The van der Waals surface area contributed by atoms with E-state index in [1.165, 1.54) is 43.1 Å². The first-order valence-corrected chi connectivity index (χ1v) is 12.8. The number of carbonyl (C=O) groups excluding carboxylic acids is 3. The minimum atomic E-state index is -1.46. The number of amides is 3. The predicted octanol–water partition coefficient (Wildman–Crippen LogP) is -0.583. The molecular weight excluding hydrogens is 435 g/mol. The summed E-state index contributed by atoms with van der Waals surface area (Å²) in [6.07, 6.45) is 6.12. The number of quaternary nitrogens is 2. The molecule has 3 amide bonds. The van der Waals surface area contributed by atoms with E-state index < -0.39 is 17.1 Å². The highest BCUT2D eigenvalue weighted by molar-refractivity contribution is 6.10. The smallest absolute Gasteiger partial charge is 0.241 e. The van der Waals surface area contributed by atoms with Crippen LogP contribution in [0.15, 0.2) is 24.3 Å². The van der Waals surface area contributed by atoms with Crippen molar-refractivity contribution in [2.45, 2.75) is 56.4 Å². The molecule has 1 atom stereocenters. The molecule has 1 aromatic carbocycles. The van der Waals surface area contributed by atoms with Gasteiger partial charge in [0.2, 0.25) is 17.7 Å². The summed E-state index contributed by atoms with van der Waals surface area (Å²) in [5.74, 6) is -1.46. The zero-order valence-corrected chi connectivity index (χ0v) is 20.6. The third-order valence-electron chi connectivity index (χ3n) is 8.03. The van der Waals surface area contributed by atoms with Crippen LogP contribution in [-0.2, 0) is 19.8 Å². The average Bonchev–Trinajstić information content (AvgIpc) is 3.07. The number of nitrogens with zero attached hydrogens (tertiary/aromatic N) is 2. The van der Waals surface area contributed by atoms with E-state index in [4.69, 9.17) is 0 Å². The van der Waals surface area contributed by atoms with E-state index in [0.717, 1.165) is 18.0 Å². The number of imide groups is 1. The molecule has 1 aromatic rings. The van der Waals surface area contributed by atoms with Gasteiger partial charge in [0.05, 0.1) is 64.8 Å². The minimum Gasteiger partial charge on any atom is -0.338 e. The van der Waals surface area contributed by atoms with Gasteiger partial charge in [0.1, 0.15) is 5.82 Å². The van der Waals surface area contributed by atoms with E-state index in [1.807, 2.05) is 19.0 Å². The Morgan fingerprint density at radius 3 is 2.44 bits per heavy atom. The van der Waals surface area contributed by atoms with Crippen LogP contribution in [0.25, 0.3) is 0 Å². The molecule has 0 aromatic heterocycles. The van der Waals surface area contributed by atoms with Gasteiger partial charge in [-0.25, -0.2) is 4.39 Å². The first kappa shape index (κ1) is 24.8. The molecule has 0 radical (unpaired) electrons. The van der Waals surface area contributed by atoms with Crippen molar-refractivity contribution in [3.05, 3.63) is 35.6 Å². The summed E-state index contributed by atoms with van der Waals surface area (Å²) in [6, 6.07) is 6.78. The largest absolute Gasteiger partial charge is 0.338 e. The molecule has 4 rings (SSSR count). The molecule has 1 aliphatic carbocycles. The molecule has 0 bridgehead atoms. The zero-order valence-electron chi connectivity index (χ0n) is 20.6. The third kappa shape index (κ3) is 5.03. The molecule has 8 heteroatoms. The summed E-state index contributed by atoms with van der Waals surface area (Å²) >= 11 is 0. The van der Waals surface area contributed by atoms with Gasteiger partial charge in [0.25, 0.3) is 0 Å². The number of halogens is 1. The Balaban J connectivity index is 1.51. The number of likely N-dealkylation sites (N-methyl/N-ethyl adjacent to an activating group) is 1. The van der Waals surface area contributed by atoms with Crippen molar-refractivity contribution >= 4 is 17.7 Å². The van der Waals surface area contributed by atoms with E-state index in [2.05, 4.69) is 0 Å². The summed E-state index contributed by atoms with van der Waals surface area (Å²) in [4.78, 5) is 45.8. The summed E-state index contributed by atoms with van der Waals surface area (Å²) < 4.78 is 15.0. The first-order valence-electron chi connectivity index (χ1n) is 12.8. The van der Waals surface area contributed by atoms with Gasteiger partial charge < -0.3 is 14.7 Å². The van der Waals surface area contributed by atoms with E-state index in [1.54, 1.807) is 23.1 Å². The molecule has 3 aliphatic rings. The van der Waals surface area contributed by atoms with Crippen LogP contribution >= 0.6 is 0 Å². The van der Waals surface area contributed by atoms with Crippen LogP contribution < -0.4 is 9.80 Å². The van der Waals surface area contributed by atoms with Crippen molar-refractivity contribution in [1.29, 1.82) is 0 Å². The Morgan fingerprint density at radius 2 is 1.79 bits per heavy atom. The molecular formula is C26H39FN4O3+2. The van der Waals surface area contributed by atoms with E-state index in [0.29, 0.717) is 25.7 Å². The van der Waals surface area contributed by atoms with Crippen LogP contribution in [0.3, 0.4) is 0 Å². The fraction of sp³-hybridized carbons (Fsp3) is 0.654. The van der Waals surface area contributed by atoms with Gasteiger partial charge in [-0.3, -0.25) is 19.3 Å². The van der Waals surface area contributed by atoms with Crippen LogP contribution in [0.4, 0.5) is 4.39 Å². The second kappa shape index (κ2) is 10.5. The number of nitrogens with one attached hydrogen (secondary N) is 2. The molecule has 186 valence electrons. The number of carbonyl (C=O) groups is 3. The predicted molar refractivity (Wildman–Crippen MR) is 126 cm³/mol. The normalized spacial score (nSPS) is 24.9. The third-order valence-corrected chi connectivity index (χ3v) is 8.03. The molecule has 2 saturated heterocycles. The van der Waals surface area contributed by atoms with Crippen LogP contribution in [0, 0.1) is 5.82 Å². The van der Waals surface area contributed by atoms with Crippen molar-refractivity contribution in [3.8, 4) is 0 Å². The molecule has 1 saturated carbocycles. The Morgan fingerprint density at radius 1 is 1.12 bits per heavy atom. The van der Waals surface area contributed by atoms with Crippen molar-refractivity contribution < 1.29 is 28.6 Å². The minimum absolute atomic E-state index is 0.158. The summed E-state index contributed by atoms with van der Waals surface area (Å²) in [5.41, 5.74) is -1.30. The van der Waals surface area contributed by atoms with Crippen LogP contribution in [0.5, 0.6) is 0 Å². The van der Waals surface area contributed by atoms with Crippen LogP contribution in [-0.4, -0.2) is 86.9 Å². The lowest BCUT2D eigenvalue weighted by Crippen LogP contribution is -3.18. The monoisotopic (exact) mass is 474 g/mol. The Labute approximate surface area is 201 Å². The number of benzene rings is 1. The molecule has 0 spiro atoms. The maximum Gasteiger partial charge on any atom is 0.241 e. The van der Waals surface area contributed by atoms with Gasteiger partial charge in [-0.2, -0.15) is 0 Å². The van der Waals surface area contributed by atoms with Crippen molar-refractivity contribution in [1.82, 2.24) is 9.80 Å². The van der Waals surface area contributed by atoms with Gasteiger partial charge in [-0.05, 0) is 31.7 Å². The lowest BCUT2D eigenvalue weighted by molar-refractivity contribution is -0.930. The number of piperazine rings is 1. The highest BCUT2D eigenvalue weighted by atomic mass is 19.1. The van der Waals surface area contributed by atoms with Crippen molar-refractivity contribution in [2.24, 2.45) is 0 Å². The quantitative estimate of drug-likeness (QED) is 0.520. The van der Waals surface area contributed by atoms with Crippen molar-refractivity contribution in [2.75, 3.05) is 53.4 Å². The van der Waals surface area contributed by atoms with E-state index >= 15 is 0 Å². The fourth-order valence-corrected chi connectivity index (χ4v) is 5.99. The molecule has 2 heterocycles. The number of rotatable bonds is 7. The molecule has 3 fully saturated rings. The number of hydrogen-bond acceptors (Lipinski definition) is 3. The van der Waals surface area contributed by atoms with Gasteiger partial charge in [-0.15, -0.1) is 0 Å². The van der Waals surface area contributed by atoms with Gasteiger partial charge in [-0.1, -0.05) is 24.6 Å². The van der Waals surface area contributed by atoms with Crippen LogP contribution in [0.1, 0.15) is 50.5 Å². The maximum atomic E-state index is 15.0. The Bertz CT molecular complexity index is 909. The van der Waals surface area contributed by atoms with E-state index in [9.17, 15) is 18.8 Å². The zero-order chi connectivity index (χ0) is 24.3. The SMILES string of the molecule is C[NH+](C)CCN1C(=O)C[C@](CC(=O)N2CC[NH+](C3CCCCC3)CC2)(c2ccccc2F)C1=O. The average molecular weight is 475 g/mol. The standard InChI is InChI=1S/C26H37FN4O3/c1-28(2)12-17-31-24(33)19-26(25(31)34,21-10-6-7-11-22(21)27)18-23(32)30-15-13-29(14-16-30)20-8-4-3-5-9-20/h6-7,10-11,20H,3-5,8-9,12-19H2,1-2H3/p+2/t26-/m1/s1. The van der Waals surface area contributed by atoms with E-state index in [-0.39, 0.29) is 36.8 Å². The van der Waals surface area contributed by atoms with Gasteiger partial charge in [0, 0.05) is 18.4 Å². The summed E-state index contributed by atoms with van der Waals surface area (Å²) in [5, 5.41) is 0. The Kier molecular flexibility index (Phi) is 7.67. The second-order valence-electron chi connectivity index (χ2n) is 10.6. The molecule has 0 unspecified atom stereocenters. The maximum absolute atomic E-state index is 15.0. The van der Waals surface area contributed by atoms with Crippen LogP contribution in [0.2, 0.25) is 0 Å². The number of likely N-dealkylation sites (tertiary alicyclic amines) is 1. The molecule has 7 nitrogen and oxygen atoms in total. The molecule has 34 heavy (non-hydrogen) atoms. The lowest BCUT2D eigenvalue weighted by Gasteiger charge is -2.39. The highest BCUT2D eigenvalue weighted by Gasteiger charge is 2.55. The fourth-order valence-electron chi connectivity index (χ4n) is 5.99. The lowest BCUT2D eigenvalue weighted by atomic mass is 9.75. The highest BCUT2D eigenvalue weighted by Crippen LogP contribution is 2.41. The number of hydrogen-bond donors (Lipinski definition) is 2.